The van der Waals surface area contributed by atoms with Crippen LogP contribution in [0.2, 0.25) is 0 Å². The molecule has 0 unspecified atom stereocenters. The van der Waals surface area contributed by atoms with Gasteiger partial charge in [-0.3, -0.25) is 19.0 Å². The Hall–Kier alpha value is -1.87. The van der Waals surface area contributed by atoms with Crippen molar-refractivity contribution in [3.8, 4) is 0 Å². The molecule has 9 heteroatoms. The summed E-state index contributed by atoms with van der Waals surface area (Å²) in [6.07, 6.45) is 0. The molecule has 0 saturated heterocycles. The van der Waals surface area contributed by atoms with E-state index in [4.69, 9.17) is 10.8 Å². The Morgan fingerprint density at radius 1 is 1.52 bits per heavy atom. The van der Waals surface area contributed by atoms with Gasteiger partial charge in [-0.2, -0.15) is 0 Å². The first kappa shape index (κ1) is 15.5. The predicted molar refractivity (Wildman–Crippen MR) is 80.8 cm³/mol. The highest BCUT2D eigenvalue weighted by Crippen LogP contribution is 2.25. The summed E-state index contributed by atoms with van der Waals surface area (Å²) in [4.78, 5) is 39.2. The molecule has 0 spiro atoms. The van der Waals surface area contributed by atoms with E-state index in [1.807, 2.05) is 0 Å². The molecule has 0 atom stereocenters. The average molecular weight is 327 g/mol. The molecule has 0 aliphatic rings. The van der Waals surface area contributed by atoms with Gasteiger partial charge in [0.1, 0.15) is 10.2 Å². The molecule has 0 aromatic carbocycles. The molecule has 1 amide bonds. The molecule has 0 aliphatic carbocycles. The maximum absolute atomic E-state index is 12.6. The first-order valence-corrected chi connectivity index (χ1v) is 7.77. The summed E-state index contributed by atoms with van der Waals surface area (Å²) in [7, 11) is 0. The van der Waals surface area contributed by atoms with E-state index in [9.17, 15) is 14.4 Å². The zero-order valence-electron chi connectivity index (χ0n) is 11.3. The zero-order chi connectivity index (χ0) is 15.8. The molecule has 2 aromatic heterocycles. The van der Waals surface area contributed by atoms with Gasteiger partial charge in [0.25, 0.3) is 5.56 Å². The van der Waals surface area contributed by atoms with Crippen LogP contribution in [0, 0.1) is 0 Å². The van der Waals surface area contributed by atoms with Gasteiger partial charge < -0.3 is 10.8 Å². The van der Waals surface area contributed by atoms with Crippen molar-refractivity contribution in [2.24, 2.45) is 5.73 Å². The Bertz CT molecular complexity index is 778. The van der Waals surface area contributed by atoms with Crippen LogP contribution in [-0.2, 0) is 15.1 Å². The van der Waals surface area contributed by atoms with Crippen LogP contribution >= 0.6 is 23.1 Å². The largest absolute Gasteiger partial charge is 0.481 e. The number of aliphatic carboxylic acids is 1. The van der Waals surface area contributed by atoms with Gasteiger partial charge in [-0.25, -0.2) is 4.98 Å². The first-order chi connectivity index (χ1) is 9.75. The second kappa shape index (κ2) is 5.49. The Kier molecular flexibility index (Phi) is 4.06. The van der Waals surface area contributed by atoms with E-state index in [2.05, 4.69) is 4.98 Å². The van der Waals surface area contributed by atoms with E-state index in [1.165, 1.54) is 29.8 Å². The van der Waals surface area contributed by atoms with E-state index < -0.39 is 23.0 Å². The highest BCUT2D eigenvalue weighted by atomic mass is 32.2. The second-order valence-electron chi connectivity index (χ2n) is 4.78. The van der Waals surface area contributed by atoms with Crippen molar-refractivity contribution in [3.63, 3.8) is 0 Å². The summed E-state index contributed by atoms with van der Waals surface area (Å²) < 4.78 is 1.57. The van der Waals surface area contributed by atoms with Crippen molar-refractivity contribution < 1.29 is 14.7 Å². The minimum Gasteiger partial charge on any atom is -0.481 e. The molecular formula is C12H13N3O4S2. The molecule has 21 heavy (non-hydrogen) atoms. The van der Waals surface area contributed by atoms with E-state index in [-0.39, 0.29) is 10.9 Å². The van der Waals surface area contributed by atoms with Gasteiger partial charge in [-0.05, 0) is 25.3 Å². The number of carbonyl (C=O) groups excluding carboxylic acids is 1. The molecule has 0 bridgehead atoms. The highest BCUT2D eigenvalue weighted by Gasteiger charge is 2.32. The fourth-order valence-electron chi connectivity index (χ4n) is 1.72. The number of nitrogens with zero attached hydrogens (tertiary/aromatic N) is 2. The predicted octanol–water partition coefficient (Wildman–Crippen LogP) is 0.855. The van der Waals surface area contributed by atoms with Crippen LogP contribution in [0.3, 0.4) is 0 Å². The Morgan fingerprint density at radius 2 is 2.19 bits per heavy atom. The van der Waals surface area contributed by atoms with Crippen LogP contribution in [0.4, 0.5) is 0 Å². The number of carboxylic acids is 1. The van der Waals surface area contributed by atoms with Crippen molar-refractivity contribution >= 4 is 45.2 Å². The average Bonchev–Trinajstić information content (AvgIpc) is 2.84. The number of carboxylic acid groups (broad SMARTS) is 1. The molecule has 2 aromatic rings. The maximum Gasteiger partial charge on any atom is 0.313 e. The minimum absolute atomic E-state index is 0.164. The summed E-state index contributed by atoms with van der Waals surface area (Å²) >= 11 is 2.10. The molecule has 7 nitrogen and oxygen atoms in total. The Labute approximate surface area is 127 Å². The van der Waals surface area contributed by atoms with Crippen LogP contribution in [0.25, 0.3) is 10.2 Å². The lowest BCUT2D eigenvalue weighted by molar-refractivity contribution is -0.133. The van der Waals surface area contributed by atoms with Gasteiger partial charge in [-0.15, -0.1) is 11.3 Å². The number of rotatable bonds is 5. The number of thiophene rings is 1. The number of hydrogen-bond donors (Lipinski definition) is 2. The molecule has 0 fully saturated rings. The van der Waals surface area contributed by atoms with E-state index in [0.29, 0.717) is 10.2 Å². The lowest BCUT2D eigenvalue weighted by Gasteiger charge is -2.25. The number of fused-ring (bicyclic) bond motifs is 1. The number of hydrogen-bond acceptors (Lipinski definition) is 6. The van der Waals surface area contributed by atoms with E-state index in [0.717, 1.165) is 11.8 Å². The van der Waals surface area contributed by atoms with Gasteiger partial charge in [0.15, 0.2) is 5.16 Å². The number of carbonyl (C=O) groups is 2. The smallest absolute Gasteiger partial charge is 0.313 e. The summed E-state index contributed by atoms with van der Waals surface area (Å²) in [5.41, 5.74) is 4.15. The van der Waals surface area contributed by atoms with Crippen molar-refractivity contribution in [1.82, 2.24) is 9.55 Å². The Morgan fingerprint density at radius 3 is 2.76 bits per heavy atom. The number of amides is 1. The molecule has 0 aliphatic heterocycles. The van der Waals surface area contributed by atoms with Gasteiger partial charge in [-0.1, -0.05) is 11.8 Å². The standard InChI is InChI=1S/C12H13N3O4S2/c1-12(2,10(13)19)15-9(18)8-6(3-4-20-8)14-11(15)21-5-7(16)17/h3-4H,5H2,1-2H3,(H2,13,19)(H,16,17). The van der Waals surface area contributed by atoms with Crippen molar-refractivity contribution in [3.05, 3.63) is 21.8 Å². The summed E-state index contributed by atoms with van der Waals surface area (Å²) in [5, 5.41) is 10.7. The Balaban J connectivity index is 2.72. The number of thioether (sulfide) groups is 1. The third-order valence-electron chi connectivity index (χ3n) is 2.94. The molecule has 112 valence electrons. The molecule has 0 saturated carbocycles. The van der Waals surface area contributed by atoms with Crippen molar-refractivity contribution in [2.75, 3.05) is 5.75 Å². The normalized spacial score (nSPS) is 11.7. The van der Waals surface area contributed by atoms with Crippen molar-refractivity contribution in [1.29, 1.82) is 0 Å². The van der Waals surface area contributed by atoms with Gasteiger partial charge in [0.05, 0.1) is 11.3 Å². The third-order valence-corrected chi connectivity index (χ3v) is 4.75. The topological polar surface area (TPSA) is 115 Å². The van der Waals surface area contributed by atoms with E-state index in [1.54, 1.807) is 11.4 Å². The van der Waals surface area contributed by atoms with Crippen molar-refractivity contribution in [2.45, 2.75) is 24.5 Å². The van der Waals surface area contributed by atoms with Crippen LogP contribution in [0.15, 0.2) is 21.4 Å². The van der Waals surface area contributed by atoms with Gasteiger partial charge >= 0.3 is 5.97 Å². The molecule has 3 N–H and O–H groups in total. The number of nitrogens with two attached hydrogens (primary N) is 1. The molecule has 2 heterocycles. The highest BCUT2D eigenvalue weighted by molar-refractivity contribution is 7.99. The molecule has 2 rings (SSSR count). The first-order valence-electron chi connectivity index (χ1n) is 5.90. The number of aromatic nitrogens is 2. The fraction of sp³-hybridized carbons (Fsp3) is 0.333. The SMILES string of the molecule is CC(C)(C(N)=O)n1c(SCC(=O)O)nc2ccsc2c1=O. The van der Waals surface area contributed by atoms with Crippen LogP contribution in [0.5, 0.6) is 0 Å². The molecule has 0 radical (unpaired) electrons. The third kappa shape index (κ3) is 2.79. The quantitative estimate of drug-likeness (QED) is 0.621. The second-order valence-corrected chi connectivity index (χ2v) is 6.63. The fourth-order valence-corrected chi connectivity index (χ4v) is 3.33. The minimum atomic E-state index is -1.30. The zero-order valence-corrected chi connectivity index (χ0v) is 13.0. The summed E-state index contributed by atoms with van der Waals surface area (Å²) in [6, 6.07) is 1.67. The van der Waals surface area contributed by atoms with Gasteiger partial charge in [0.2, 0.25) is 5.91 Å². The molecular weight excluding hydrogens is 314 g/mol. The maximum atomic E-state index is 12.6. The number of primary amides is 1. The lowest BCUT2D eigenvalue weighted by atomic mass is 10.1. The van der Waals surface area contributed by atoms with Gasteiger partial charge in [0, 0.05) is 0 Å². The summed E-state index contributed by atoms with van der Waals surface area (Å²) in [6.45, 7) is 3.01. The summed E-state index contributed by atoms with van der Waals surface area (Å²) in [5.74, 6) is -2.00. The van der Waals surface area contributed by atoms with Crippen LogP contribution < -0.4 is 11.3 Å². The monoisotopic (exact) mass is 327 g/mol. The van der Waals surface area contributed by atoms with Crippen LogP contribution in [-0.4, -0.2) is 32.3 Å². The van der Waals surface area contributed by atoms with Crippen LogP contribution in [0.1, 0.15) is 13.8 Å². The lowest BCUT2D eigenvalue weighted by Crippen LogP contribution is -2.47. The van der Waals surface area contributed by atoms with E-state index >= 15 is 0 Å².